The second-order valence-electron chi connectivity index (χ2n) is 7.76. The summed E-state index contributed by atoms with van der Waals surface area (Å²) in [7, 11) is 0. The van der Waals surface area contributed by atoms with Gasteiger partial charge in [-0.1, -0.05) is 66.7 Å². The molecule has 1 aliphatic heterocycles. The average molecular weight is 419 g/mol. The largest absolute Gasteiger partial charge is 0.379 e. The molecule has 0 bridgehead atoms. The third-order valence-electron chi connectivity index (χ3n) is 5.66. The van der Waals surface area contributed by atoms with Crippen LogP contribution >= 0.6 is 0 Å². The van der Waals surface area contributed by atoms with Gasteiger partial charge in [0.2, 0.25) is 5.91 Å². The van der Waals surface area contributed by atoms with Crippen molar-refractivity contribution in [1.82, 2.24) is 10.2 Å². The first-order valence-corrected chi connectivity index (χ1v) is 10.7. The highest BCUT2D eigenvalue weighted by molar-refractivity contribution is 5.79. The standard InChI is InChI=1S/C26H27FN2O2/c27-24-12-10-23(11-13-24)25(29-14-16-31-17-15-29)19-28-26(30)18-20-6-8-22(9-7-20)21-4-2-1-3-5-21/h1-13,25H,14-19H2,(H,28,30). The molecule has 0 aromatic heterocycles. The molecule has 1 aliphatic rings. The highest BCUT2D eigenvalue weighted by Gasteiger charge is 2.23. The monoisotopic (exact) mass is 418 g/mol. The Morgan fingerprint density at radius 1 is 0.903 bits per heavy atom. The van der Waals surface area contributed by atoms with Gasteiger partial charge < -0.3 is 10.1 Å². The van der Waals surface area contributed by atoms with Crippen LogP contribution in [-0.4, -0.2) is 43.7 Å². The van der Waals surface area contributed by atoms with Crippen LogP contribution in [0.1, 0.15) is 17.2 Å². The molecule has 3 aromatic rings. The van der Waals surface area contributed by atoms with Gasteiger partial charge in [-0.05, 0) is 34.4 Å². The minimum Gasteiger partial charge on any atom is -0.379 e. The van der Waals surface area contributed by atoms with Gasteiger partial charge in [0.25, 0.3) is 0 Å². The zero-order valence-electron chi connectivity index (χ0n) is 17.5. The Morgan fingerprint density at radius 2 is 1.55 bits per heavy atom. The van der Waals surface area contributed by atoms with Gasteiger partial charge in [-0.25, -0.2) is 4.39 Å². The molecule has 4 rings (SSSR count). The van der Waals surface area contributed by atoms with Crippen LogP contribution in [-0.2, 0) is 16.0 Å². The lowest BCUT2D eigenvalue weighted by atomic mass is 10.0. The fourth-order valence-electron chi connectivity index (χ4n) is 3.94. The molecule has 160 valence electrons. The van der Waals surface area contributed by atoms with Crippen molar-refractivity contribution in [3.8, 4) is 11.1 Å². The van der Waals surface area contributed by atoms with Crippen LogP contribution in [0.5, 0.6) is 0 Å². The molecule has 0 saturated carbocycles. The molecule has 4 nitrogen and oxygen atoms in total. The summed E-state index contributed by atoms with van der Waals surface area (Å²) in [6, 6.07) is 24.8. The number of carbonyl (C=O) groups is 1. The van der Waals surface area contributed by atoms with Crippen LogP contribution in [0.15, 0.2) is 78.9 Å². The Balaban J connectivity index is 1.37. The van der Waals surface area contributed by atoms with Crippen LogP contribution in [0, 0.1) is 5.82 Å². The van der Waals surface area contributed by atoms with Crippen molar-refractivity contribution in [2.24, 2.45) is 0 Å². The topological polar surface area (TPSA) is 41.6 Å². The normalized spacial score (nSPS) is 15.4. The van der Waals surface area contributed by atoms with Crippen molar-refractivity contribution in [3.63, 3.8) is 0 Å². The number of rotatable bonds is 7. The van der Waals surface area contributed by atoms with E-state index in [2.05, 4.69) is 22.3 Å². The number of ether oxygens (including phenoxy) is 1. The quantitative estimate of drug-likeness (QED) is 0.625. The van der Waals surface area contributed by atoms with Gasteiger partial charge in [0.15, 0.2) is 0 Å². The molecule has 31 heavy (non-hydrogen) atoms. The predicted molar refractivity (Wildman–Crippen MR) is 120 cm³/mol. The van der Waals surface area contributed by atoms with E-state index in [0.717, 1.165) is 35.3 Å². The Labute approximate surface area is 182 Å². The van der Waals surface area contributed by atoms with E-state index in [1.165, 1.54) is 12.1 Å². The van der Waals surface area contributed by atoms with E-state index in [4.69, 9.17) is 4.74 Å². The van der Waals surface area contributed by atoms with E-state index in [-0.39, 0.29) is 17.8 Å². The van der Waals surface area contributed by atoms with Crippen molar-refractivity contribution in [3.05, 3.63) is 95.8 Å². The lowest BCUT2D eigenvalue weighted by Gasteiger charge is -2.35. The number of morpholine rings is 1. The van der Waals surface area contributed by atoms with Crippen LogP contribution < -0.4 is 5.32 Å². The molecule has 1 heterocycles. The summed E-state index contributed by atoms with van der Waals surface area (Å²) in [4.78, 5) is 14.9. The fourth-order valence-corrected chi connectivity index (χ4v) is 3.94. The van der Waals surface area contributed by atoms with Crippen LogP contribution in [0.2, 0.25) is 0 Å². The number of nitrogens with zero attached hydrogens (tertiary/aromatic N) is 1. The molecule has 0 spiro atoms. The Morgan fingerprint density at radius 3 is 2.23 bits per heavy atom. The highest BCUT2D eigenvalue weighted by Crippen LogP contribution is 2.22. The van der Waals surface area contributed by atoms with Crippen molar-refractivity contribution in [2.45, 2.75) is 12.5 Å². The number of nitrogens with one attached hydrogen (secondary N) is 1. The zero-order chi connectivity index (χ0) is 21.5. The minimum absolute atomic E-state index is 0.00564. The third kappa shape index (κ3) is 5.78. The first-order chi connectivity index (χ1) is 15.2. The number of halogens is 1. The number of hydrogen-bond donors (Lipinski definition) is 1. The Kier molecular flexibility index (Phi) is 7.07. The first-order valence-electron chi connectivity index (χ1n) is 10.7. The van der Waals surface area contributed by atoms with Crippen molar-refractivity contribution in [1.29, 1.82) is 0 Å². The number of hydrogen-bond acceptors (Lipinski definition) is 3. The molecular weight excluding hydrogens is 391 g/mol. The Hall–Kier alpha value is -3.02. The molecule has 1 fully saturated rings. The maximum atomic E-state index is 13.4. The van der Waals surface area contributed by atoms with Crippen molar-refractivity contribution in [2.75, 3.05) is 32.8 Å². The zero-order valence-corrected chi connectivity index (χ0v) is 17.5. The SMILES string of the molecule is O=C(Cc1ccc(-c2ccccc2)cc1)NCC(c1ccc(F)cc1)N1CCOCC1. The van der Waals surface area contributed by atoms with Crippen molar-refractivity contribution < 1.29 is 13.9 Å². The van der Waals surface area contributed by atoms with Gasteiger partial charge in [0, 0.05) is 19.6 Å². The van der Waals surface area contributed by atoms with E-state index in [9.17, 15) is 9.18 Å². The number of benzene rings is 3. The number of amides is 1. The summed E-state index contributed by atoms with van der Waals surface area (Å²) in [6.07, 6.45) is 0.328. The molecule has 1 atom stereocenters. The third-order valence-corrected chi connectivity index (χ3v) is 5.66. The maximum absolute atomic E-state index is 13.4. The van der Waals surface area contributed by atoms with E-state index < -0.39 is 0 Å². The van der Waals surface area contributed by atoms with E-state index >= 15 is 0 Å². The second kappa shape index (κ2) is 10.3. The van der Waals surface area contributed by atoms with Gasteiger partial charge in [0.1, 0.15) is 5.82 Å². The summed E-state index contributed by atoms with van der Waals surface area (Å²) in [5.41, 5.74) is 4.26. The molecule has 0 radical (unpaired) electrons. The minimum atomic E-state index is -0.257. The lowest BCUT2D eigenvalue weighted by Crippen LogP contribution is -2.44. The van der Waals surface area contributed by atoms with Gasteiger partial charge >= 0.3 is 0 Å². The maximum Gasteiger partial charge on any atom is 0.224 e. The summed E-state index contributed by atoms with van der Waals surface area (Å²) < 4.78 is 18.8. The molecule has 5 heteroatoms. The first kappa shape index (κ1) is 21.2. The van der Waals surface area contributed by atoms with E-state index in [1.807, 2.05) is 42.5 Å². The van der Waals surface area contributed by atoms with Crippen LogP contribution in [0.25, 0.3) is 11.1 Å². The summed E-state index contributed by atoms with van der Waals surface area (Å²) in [6.45, 7) is 3.39. The average Bonchev–Trinajstić information content (AvgIpc) is 2.82. The fraction of sp³-hybridized carbons (Fsp3) is 0.269. The molecule has 3 aromatic carbocycles. The smallest absolute Gasteiger partial charge is 0.224 e. The summed E-state index contributed by atoms with van der Waals surface area (Å²) in [5.74, 6) is -0.278. The lowest BCUT2D eigenvalue weighted by molar-refractivity contribution is -0.120. The van der Waals surface area contributed by atoms with Crippen LogP contribution in [0.3, 0.4) is 0 Å². The summed E-state index contributed by atoms with van der Waals surface area (Å²) in [5, 5.41) is 3.07. The molecule has 1 amide bonds. The molecule has 1 saturated heterocycles. The second-order valence-corrected chi connectivity index (χ2v) is 7.76. The molecular formula is C26H27FN2O2. The van der Waals surface area contributed by atoms with E-state index in [1.54, 1.807) is 12.1 Å². The molecule has 1 N–H and O–H groups in total. The van der Waals surface area contributed by atoms with Crippen molar-refractivity contribution >= 4 is 5.91 Å². The van der Waals surface area contributed by atoms with Gasteiger partial charge in [-0.3, -0.25) is 9.69 Å². The van der Waals surface area contributed by atoms with Gasteiger partial charge in [-0.2, -0.15) is 0 Å². The molecule has 1 unspecified atom stereocenters. The summed E-state index contributed by atoms with van der Waals surface area (Å²) >= 11 is 0. The Bertz CT molecular complexity index is 969. The highest BCUT2D eigenvalue weighted by atomic mass is 19.1. The predicted octanol–water partition coefficient (Wildman–Crippen LogP) is 4.22. The molecule has 0 aliphatic carbocycles. The van der Waals surface area contributed by atoms with Crippen LogP contribution in [0.4, 0.5) is 4.39 Å². The number of carbonyl (C=O) groups excluding carboxylic acids is 1. The van der Waals surface area contributed by atoms with E-state index in [0.29, 0.717) is 26.2 Å². The van der Waals surface area contributed by atoms with Gasteiger partial charge in [0.05, 0.1) is 25.7 Å². The van der Waals surface area contributed by atoms with Gasteiger partial charge in [-0.15, -0.1) is 0 Å².